The molecule has 19 heavy (non-hydrogen) atoms. The number of methoxy groups -OCH3 is 2. The molecule has 1 aliphatic carbocycles. The Morgan fingerprint density at radius 1 is 1.47 bits per heavy atom. The largest absolute Gasteiger partial charge is 0.466 e. The van der Waals surface area contributed by atoms with Crippen molar-refractivity contribution >= 4 is 11.9 Å². The topological polar surface area (TPSA) is 99.9 Å². The number of hydrogen-bond donors (Lipinski definition) is 2. The Morgan fingerprint density at radius 3 is 2.68 bits per heavy atom. The van der Waals surface area contributed by atoms with Gasteiger partial charge in [0.15, 0.2) is 0 Å². The van der Waals surface area contributed by atoms with Crippen LogP contribution in [0.3, 0.4) is 0 Å². The average molecular weight is 272 g/mol. The number of ether oxygens (including phenoxy) is 3. The molecule has 0 aromatic carbocycles. The van der Waals surface area contributed by atoms with Crippen molar-refractivity contribution in [3.05, 3.63) is 11.6 Å². The summed E-state index contributed by atoms with van der Waals surface area (Å²) in [5.41, 5.74) is 6.39. The standard InChI is InChI=1S/C12H20N2O5/c1-7(15)14-11-9(13)4-8(12(16)18-3)5-10(11)19-6-17-2/h4,9-11H,5-6,13H2,1-3H3,(H,14,15)/t9-,10+,11-/m1/s1. The van der Waals surface area contributed by atoms with Crippen molar-refractivity contribution in [3.8, 4) is 0 Å². The Bertz CT molecular complexity index is 369. The summed E-state index contributed by atoms with van der Waals surface area (Å²) in [5, 5.41) is 2.73. The second-order valence-electron chi connectivity index (χ2n) is 4.30. The Hall–Kier alpha value is -1.44. The quantitative estimate of drug-likeness (QED) is 0.507. The zero-order chi connectivity index (χ0) is 14.4. The third-order valence-electron chi connectivity index (χ3n) is 2.85. The number of nitrogens with two attached hydrogens (primary N) is 1. The predicted molar refractivity (Wildman–Crippen MR) is 67.0 cm³/mol. The van der Waals surface area contributed by atoms with Gasteiger partial charge in [0.2, 0.25) is 5.91 Å². The van der Waals surface area contributed by atoms with Crippen LogP contribution in [-0.2, 0) is 23.8 Å². The van der Waals surface area contributed by atoms with E-state index in [4.69, 9.17) is 15.2 Å². The molecule has 108 valence electrons. The molecule has 3 atom stereocenters. The lowest BCUT2D eigenvalue weighted by Crippen LogP contribution is -2.56. The molecule has 0 heterocycles. The van der Waals surface area contributed by atoms with Gasteiger partial charge in [-0.05, 0) is 0 Å². The molecule has 0 saturated heterocycles. The van der Waals surface area contributed by atoms with Crippen molar-refractivity contribution in [1.82, 2.24) is 5.32 Å². The molecular weight excluding hydrogens is 252 g/mol. The summed E-state index contributed by atoms with van der Waals surface area (Å²) < 4.78 is 15.0. The molecule has 0 fully saturated rings. The van der Waals surface area contributed by atoms with Gasteiger partial charge in [-0.25, -0.2) is 4.79 Å². The van der Waals surface area contributed by atoms with Gasteiger partial charge in [0.05, 0.1) is 19.3 Å². The highest BCUT2D eigenvalue weighted by molar-refractivity contribution is 5.89. The van der Waals surface area contributed by atoms with Crippen molar-refractivity contribution < 1.29 is 23.8 Å². The molecule has 1 amide bonds. The molecule has 0 saturated carbocycles. The van der Waals surface area contributed by atoms with E-state index >= 15 is 0 Å². The van der Waals surface area contributed by atoms with Crippen LogP contribution in [-0.4, -0.2) is 51.1 Å². The minimum Gasteiger partial charge on any atom is -0.466 e. The highest BCUT2D eigenvalue weighted by atomic mass is 16.7. The van der Waals surface area contributed by atoms with Crippen molar-refractivity contribution in [3.63, 3.8) is 0 Å². The van der Waals surface area contributed by atoms with Gasteiger partial charge in [-0.15, -0.1) is 0 Å². The maximum atomic E-state index is 11.5. The first-order chi connectivity index (χ1) is 8.99. The van der Waals surface area contributed by atoms with Crippen molar-refractivity contribution in [2.24, 2.45) is 5.73 Å². The molecule has 0 spiro atoms. The highest BCUT2D eigenvalue weighted by Crippen LogP contribution is 2.22. The van der Waals surface area contributed by atoms with Crippen LogP contribution in [0.25, 0.3) is 0 Å². The van der Waals surface area contributed by atoms with Gasteiger partial charge in [0.1, 0.15) is 6.79 Å². The van der Waals surface area contributed by atoms with Crippen LogP contribution < -0.4 is 11.1 Å². The lowest BCUT2D eigenvalue weighted by Gasteiger charge is -2.34. The average Bonchev–Trinajstić information content (AvgIpc) is 2.37. The van der Waals surface area contributed by atoms with E-state index in [1.54, 1.807) is 6.08 Å². The normalized spacial score (nSPS) is 26.5. The molecule has 7 heteroatoms. The van der Waals surface area contributed by atoms with E-state index in [0.717, 1.165) is 0 Å². The summed E-state index contributed by atoms with van der Waals surface area (Å²) in [5.74, 6) is -0.649. The minimum atomic E-state index is -0.520. The van der Waals surface area contributed by atoms with Gasteiger partial charge < -0.3 is 25.3 Å². The molecule has 0 unspecified atom stereocenters. The van der Waals surface area contributed by atoms with Crippen LogP contribution in [0, 0.1) is 0 Å². The fourth-order valence-electron chi connectivity index (χ4n) is 2.02. The molecular formula is C12H20N2O5. The maximum absolute atomic E-state index is 11.5. The Labute approximate surface area is 112 Å². The number of nitrogens with one attached hydrogen (secondary N) is 1. The predicted octanol–water partition coefficient (Wildman–Crippen LogP) is -0.689. The minimum absolute atomic E-state index is 0.0575. The SMILES string of the molecule is COCO[C@H]1CC(C(=O)OC)=C[C@@H](N)[C@H]1NC(C)=O. The second-order valence-corrected chi connectivity index (χ2v) is 4.30. The first kappa shape index (κ1) is 15.6. The summed E-state index contributed by atoms with van der Waals surface area (Å²) >= 11 is 0. The number of esters is 1. The van der Waals surface area contributed by atoms with Crippen molar-refractivity contribution in [2.45, 2.75) is 31.5 Å². The summed E-state index contributed by atoms with van der Waals surface area (Å²) in [6.45, 7) is 1.46. The monoisotopic (exact) mass is 272 g/mol. The summed E-state index contributed by atoms with van der Waals surface area (Å²) in [4.78, 5) is 22.7. The van der Waals surface area contributed by atoms with Gasteiger partial charge in [-0.2, -0.15) is 0 Å². The van der Waals surface area contributed by atoms with E-state index in [9.17, 15) is 9.59 Å². The van der Waals surface area contributed by atoms with Crippen LogP contribution >= 0.6 is 0 Å². The molecule has 1 aliphatic rings. The summed E-state index contributed by atoms with van der Waals surface area (Å²) in [7, 11) is 2.80. The van der Waals surface area contributed by atoms with Crippen molar-refractivity contribution in [2.75, 3.05) is 21.0 Å². The van der Waals surface area contributed by atoms with E-state index in [-0.39, 0.29) is 12.7 Å². The van der Waals surface area contributed by atoms with Crippen LogP contribution in [0.5, 0.6) is 0 Å². The fraction of sp³-hybridized carbons (Fsp3) is 0.667. The second kappa shape index (κ2) is 7.22. The van der Waals surface area contributed by atoms with E-state index in [0.29, 0.717) is 12.0 Å². The third kappa shape index (κ3) is 4.30. The van der Waals surface area contributed by atoms with Gasteiger partial charge in [0.25, 0.3) is 0 Å². The molecule has 0 bridgehead atoms. The lowest BCUT2D eigenvalue weighted by molar-refractivity contribution is -0.138. The molecule has 0 radical (unpaired) electrons. The maximum Gasteiger partial charge on any atom is 0.333 e. The van der Waals surface area contributed by atoms with Gasteiger partial charge >= 0.3 is 5.97 Å². The lowest BCUT2D eigenvalue weighted by atomic mass is 9.88. The van der Waals surface area contributed by atoms with Crippen LogP contribution in [0.15, 0.2) is 11.6 Å². The molecule has 1 rings (SSSR count). The van der Waals surface area contributed by atoms with E-state index < -0.39 is 24.2 Å². The molecule has 7 nitrogen and oxygen atoms in total. The number of rotatable bonds is 5. The van der Waals surface area contributed by atoms with Gasteiger partial charge in [0, 0.05) is 32.1 Å². The summed E-state index contributed by atoms with van der Waals surface area (Å²) in [6.07, 6.45) is 1.48. The van der Waals surface area contributed by atoms with Gasteiger partial charge in [-0.1, -0.05) is 6.08 Å². The highest BCUT2D eigenvalue weighted by Gasteiger charge is 2.35. The van der Waals surface area contributed by atoms with Crippen LogP contribution in [0.4, 0.5) is 0 Å². The smallest absolute Gasteiger partial charge is 0.333 e. The summed E-state index contributed by atoms with van der Waals surface area (Å²) in [6, 6.07) is -0.922. The van der Waals surface area contributed by atoms with E-state index in [1.165, 1.54) is 21.1 Å². The molecule has 0 aromatic heterocycles. The van der Waals surface area contributed by atoms with Gasteiger partial charge in [-0.3, -0.25) is 4.79 Å². The zero-order valence-corrected chi connectivity index (χ0v) is 11.3. The Balaban J connectivity index is 2.86. The number of carbonyl (C=O) groups excluding carboxylic acids is 2. The zero-order valence-electron chi connectivity index (χ0n) is 11.3. The fourth-order valence-corrected chi connectivity index (χ4v) is 2.02. The van der Waals surface area contributed by atoms with E-state index in [2.05, 4.69) is 10.1 Å². The number of amides is 1. The first-order valence-corrected chi connectivity index (χ1v) is 5.91. The molecule has 0 aromatic rings. The Kier molecular flexibility index (Phi) is 5.94. The van der Waals surface area contributed by atoms with Crippen molar-refractivity contribution in [1.29, 1.82) is 0 Å². The third-order valence-corrected chi connectivity index (χ3v) is 2.85. The Morgan fingerprint density at radius 2 is 2.16 bits per heavy atom. The van der Waals surface area contributed by atoms with Crippen LogP contribution in [0.1, 0.15) is 13.3 Å². The molecule has 0 aliphatic heterocycles. The number of hydrogen-bond acceptors (Lipinski definition) is 6. The van der Waals surface area contributed by atoms with E-state index in [1.807, 2.05) is 0 Å². The number of carbonyl (C=O) groups is 2. The van der Waals surface area contributed by atoms with Crippen LogP contribution in [0.2, 0.25) is 0 Å². The molecule has 3 N–H and O–H groups in total. The first-order valence-electron chi connectivity index (χ1n) is 5.91.